The van der Waals surface area contributed by atoms with Gasteiger partial charge in [-0.05, 0) is 38.0 Å². The standard InChI is InChI=1S/C19H29N5O2/c1-5-20-18(21-10-9-15-7-6-8-17(11-15)26-4)22-14-19(2,25)16-12-23-24(3)13-16/h6-8,11-13,25H,5,9-10,14H2,1-4H3,(H2,20,21,22). The predicted octanol–water partition coefficient (Wildman–Crippen LogP) is 1.43. The molecule has 1 atom stereocenters. The van der Waals surface area contributed by atoms with Crippen LogP contribution in [0.3, 0.4) is 0 Å². The Balaban J connectivity index is 1.93. The Morgan fingerprint density at radius 1 is 1.38 bits per heavy atom. The molecule has 2 rings (SSSR count). The predicted molar refractivity (Wildman–Crippen MR) is 103 cm³/mol. The van der Waals surface area contributed by atoms with E-state index in [2.05, 4.69) is 26.8 Å². The molecule has 0 amide bonds. The van der Waals surface area contributed by atoms with Crippen molar-refractivity contribution in [3.8, 4) is 5.75 Å². The maximum Gasteiger partial charge on any atom is 0.191 e. The summed E-state index contributed by atoms with van der Waals surface area (Å²) in [5, 5.41) is 21.3. The number of aromatic nitrogens is 2. The van der Waals surface area contributed by atoms with Crippen LogP contribution in [0, 0.1) is 0 Å². The average Bonchev–Trinajstić information content (AvgIpc) is 3.07. The monoisotopic (exact) mass is 359 g/mol. The number of ether oxygens (including phenoxy) is 1. The van der Waals surface area contributed by atoms with Crippen molar-refractivity contribution in [2.75, 3.05) is 26.7 Å². The molecular weight excluding hydrogens is 330 g/mol. The van der Waals surface area contributed by atoms with Crippen LogP contribution in [0.25, 0.3) is 0 Å². The SMILES string of the molecule is CCNC(=NCC(C)(O)c1cnn(C)c1)NCCc1cccc(OC)c1. The van der Waals surface area contributed by atoms with Crippen molar-refractivity contribution in [1.82, 2.24) is 20.4 Å². The van der Waals surface area contributed by atoms with Crippen molar-refractivity contribution < 1.29 is 9.84 Å². The molecule has 1 aromatic heterocycles. The second kappa shape index (κ2) is 9.24. The molecule has 0 aliphatic carbocycles. The molecule has 0 saturated heterocycles. The summed E-state index contributed by atoms with van der Waals surface area (Å²) in [5.41, 5.74) is 0.870. The Hall–Kier alpha value is -2.54. The molecule has 0 spiro atoms. The van der Waals surface area contributed by atoms with Crippen molar-refractivity contribution in [2.45, 2.75) is 25.9 Å². The van der Waals surface area contributed by atoms with E-state index in [0.29, 0.717) is 5.96 Å². The molecule has 7 nitrogen and oxygen atoms in total. The van der Waals surface area contributed by atoms with Gasteiger partial charge >= 0.3 is 0 Å². The number of methoxy groups -OCH3 is 1. The van der Waals surface area contributed by atoms with Crippen LogP contribution < -0.4 is 15.4 Å². The molecule has 0 aliphatic rings. The summed E-state index contributed by atoms with van der Waals surface area (Å²) in [6, 6.07) is 8.02. The van der Waals surface area contributed by atoms with Crippen LogP contribution in [-0.2, 0) is 19.1 Å². The van der Waals surface area contributed by atoms with Crippen molar-refractivity contribution in [3.63, 3.8) is 0 Å². The summed E-state index contributed by atoms with van der Waals surface area (Å²) in [7, 11) is 3.49. The number of aryl methyl sites for hydroxylation is 1. The molecule has 1 heterocycles. The van der Waals surface area contributed by atoms with Gasteiger partial charge in [-0.15, -0.1) is 0 Å². The lowest BCUT2D eigenvalue weighted by Crippen LogP contribution is -2.39. The zero-order valence-corrected chi connectivity index (χ0v) is 16.0. The molecule has 0 fully saturated rings. The fourth-order valence-electron chi connectivity index (χ4n) is 2.52. The lowest BCUT2D eigenvalue weighted by Gasteiger charge is -2.20. The smallest absolute Gasteiger partial charge is 0.191 e. The minimum atomic E-state index is -1.07. The number of nitrogens with zero attached hydrogens (tertiary/aromatic N) is 3. The highest BCUT2D eigenvalue weighted by molar-refractivity contribution is 5.79. The van der Waals surface area contributed by atoms with E-state index in [1.165, 1.54) is 5.56 Å². The summed E-state index contributed by atoms with van der Waals surface area (Å²) in [5.74, 6) is 1.54. The van der Waals surface area contributed by atoms with Crippen LogP contribution in [0.2, 0.25) is 0 Å². The lowest BCUT2D eigenvalue weighted by molar-refractivity contribution is 0.0672. The summed E-state index contributed by atoms with van der Waals surface area (Å²) in [4.78, 5) is 4.52. The minimum Gasteiger partial charge on any atom is -0.497 e. The van der Waals surface area contributed by atoms with Crippen LogP contribution in [0.15, 0.2) is 41.7 Å². The van der Waals surface area contributed by atoms with E-state index in [1.54, 1.807) is 31.1 Å². The first-order valence-corrected chi connectivity index (χ1v) is 8.81. The fourth-order valence-corrected chi connectivity index (χ4v) is 2.52. The van der Waals surface area contributed by atoms with E-state index in [1.807, 2.05) is 32.2 Å². The third-order valence-corrected chi connectivity index (χ3v) is 4.06. The van der Waals surface area contributed by atoms with Crippen LogP contribution >= 0.6 is 0 Å². The van der Waals surface area contributed by atoms with Crippen molar-refractivity contribution in [1.29, 1.82) is 0 Å². The van der Waals surface area contributed by atoms with Gasteiger partial charge in [0.2, 0.25) is 0 Å². The van der Waals surface area contributed by atoms with Crippen LogP contribution in [0.4, 0.5) is 0 Å². The van der Waals surface area contributed by atoms with Crippen molar-refractivity contribution >= 4 is 5.96 Å². The number of aliphatic hydroxyl groups is 1. The van der Waals surface area contributed by atoms with E-state index in [9.17, 15) is 5.11 Å². The summed E-state index contributed by atoms with van der Waals surface area (Å²) in [6.45, 7) is 5.48. The Kier molecular flexibility index (Phi) is 7.03. The second-order valence-corrected chi connectivity index (χ2v) is 6.40. The lowest BCUT2D eigenvalue weighted by atomic mass is 10.0. The Morgan fingerprint density at radius 2 is 2.19 bits per heavy atom. The van der Waals surface area contributed by atoms with Gasteiger partial charge in [0.15, 0.2) is 5.96 Å². The number of rotatable bonds is 8. The first-order valence-electron chi connectivity index (χ1n) is 8.81. The van der Waals surface area contributed by atoms with E-state index in [-0.39, 0.29) is 6.54 Å². The van der Waals surface area contributed by atoms with E-state index < -0.39 is 5.60 Å². The molecule has 0 aliphatic heterocycles. The van der Waals surface area contributed by atoms with Crippen LogP contribution in [0.5, 0.6) is 5.75 Å². The molecule has 1 aromatic carbocycles. The number of guanidine groups is 1. The number of aliphatic imine (C=N–C) groups is 1. The zero-order chi connectivity index (χ0) is 19.0. The molecular formula is C19H29N5O2. The topological polar surface area (TPSA) is 83.7 Å². The van der Waals surface area contributed by atoms with Gasteiger partial charge in [0.05, 0.1) is 19.9 Å². The van der Waals surface area contributed by atoms with E-state index in [4.69, 9.17) is 4.74 Å². The van der Waals surface area contributed by atoms with Gasteiger partial charge in [-0.2, -0.15) is 5.10 Å². The van der Waals surface area contributed by atoms with Gasteiger partial charge in [-0.1, -0.05) is 12.1 Å². The molecule has 26 heavy (non-hydrogen) atoms. The third kappa shape index (κ3) is 5.77. The molecule has 2 aromatic rings. The largest absolute Gasteiger partial charge is 0.497 e. The highest BCUT2D eigenvalue weighted by atomic mass is 16.5. The fraction of sp³-hybridized carbons (Fsp3) is 0.474. The minimum absolute atomic E-state index is 0.243. The molecule has 142 valence electrons. The molecule has 0 radical (unpaired) electrons. The van der Waals surface area contributed by atoms with E-state index in [0.717, 1.165) is 30.8 Å². The third-order valence-electron chi connectivity index (χ3n) is 4.06. The van der Waals surface area contributed by atoms with Crippen molar-refractivity contribution in [2.24, 2.45) is 12.0 Å². The quantitative estimate of drug-likeness (QED) is 0.491. The number of benzene rings is 1. The Labute approximate surface area is 155 Å². The van der Waals surface area contributed by atoms with Gasteiger partial charge in [0, 0.05) is 31.9 Å². The maximum atomic E-state index is 10.6. The summed E-state index contributed by atoms with van der Waals surface area (Å²) >= 11 is 0. The van der Waals surface area contributed by atoms with Crippen molar-refractivity contribution in [3.05, 3.63) is 47.8 Å². The second-order valence-electron chi connectivity index (χ2n) is 6.40. The normalized spacial score (nSPS) is 14.0. The highest BCUT2D eigenvalue weighted by Crippen LogP contribution is 2.19. The summed E-state index contributed by atoms with van der Waals surface area (Å²) < 4.78 is 6.92. The summed E-state index contributed by atoms with van der Waals surface area (Å²) in [6.07, 6.45) is 4.32. The van der Waals surface area contributed by atoms with Gasteiger partial charge < -0.3 is 20.5 Å². The van der Waals surface area contributed by atoms with Crippen LogP contribution in [-0.4, -0.2) is 47.6 Å². The van der Waals surface area contributed by atoms with Gasteiger partial charge in [-0.25, -0.2) is 4.99 Å². The Morgan fingerprint density at radius 3 is 2.85 bits per heavy atom. The number of nitrogens with one attached hydrogen (secondary N) is 2. The van der Waals surface area contributed by atoms with E-state index >= 15 is 0 Å². The molecule has 3 N–H and O–H groups in total. The highest BCUT2D eigenvalue weighted by Gasteiger charge is 2.24. The van der Waals surface area contributed by atoms with Gasteiger partial charge in [0.25, 0.3) is 0 Å². The van der Waals surface area contributed by atoms with Crippen LogP contribution in [0.1, 0.15) is 25.0 Å². The maximum absolute atomic E-state index is 10.6. The van der Waals surface area contributed by atoms with Gasteiger partial charge in [0.1, 0.15) is 11.4 Å². The Bertz CT molecular complexity index is 724. The molecule has 0 saturated carbocycles. The number of hydrogen-bond donors (Lipinski definition) is 3. The first kappa shape index (κ1) is 19.8. The first-order chi connectivity index (χ1) is 12.4. The average molecular weight is 359 g/mol. The molecule has 7 heteroatoms. The van der Waals surface area contributed by atoms with Gasteiger partial charge in [-0.3, -0.25) is 4.68 Å². The number of hydrogen-bond acceptors (Lipinski definition) is 4. The zero-order valence-electron chi connectivity index (χ0n) is 16.0. The molecule has 0 bridgehead atoms. The molecule has 1 unspecified atom stereocenters.